The number of aryl methyl sites for hydroxylation is 1. The Hall–Kier alpha value is -1.29. The molecular formula is C11H16N2O2. The first-order valence-corrected chi connectivity index (χ1v) is 5.18. The van der Waals surface area contributed by atoms with Gasteiger partial charge in [0.2, 0.25) is 0 Å². The van der Waals surface area contributed by atoms with Gasteiger partial charge in [0.1, 0.15) is 5.76 Å². The molecule has 1 aromatic heterocycles. The molecule has 2 N–H and O–H groups in total. The normalized spacial score (nSPS) is 18.7. The molecule has 4 nitrogen and oxygen atoms in total. The van der Waals surface area contributed by atoms with Gasteiger partial charge in [0.05, 0.1) is 11.8 Å². The molecule has 0 aliphatic carbocycles. The predicted octanol–water partition coefficient (Wildman–Crippen LogP) is 1.02. The lowest BCUT2D eigenvalue weighted by Gasteiger charge is -2.45. The molecule has 1 aliphatic rings. The number of carbonyl (C=O) groups excluding carboxylic acids is 1. The molecule has 0 bridgehead atoms. The number of hydrogen-bond acceptors (Lipinski definition) is 3. The number of carbonyl (C=O) groups is 1. The number of nitrogens with two attached hydrogens (primary N) is 1. The smallest absolute Gasteiger partial charge is 0.257 e. The van der Waals surface area contributed by atoms with E-state index < -0.39 is 0 Å². The highest BCUT2D eigenvalue weighted by molar-refractivity contribution is 5.95. The van der Waals surface area contributed by atoms with Crippen LogP contribution in [0.3, 0.4) is 0 Å². The average Bonchev–Trinajstić information content (AvgIpc) is 2.60. The predicted molar refractivity (Wildman–Crippen MR) is 56.6 cm³/mol. The zero-order valence-corrected chi connectivity index (χ0v) is 9.12. The lowest BCUT2D eigenvalue weighted by Crippen LogP contribution is -2.66. The highest BCUT2D eigenvalue weighted by atomic mass is 16.3. The fraction of sp³-hybridized carbons (Fsp3) is 0.545. The number of likely N-dealkylation sites (tertiary alicyclic amines) is 1. The quantitative estimate of drug-likeness (QED) is 0.789. The Morgan fingerprint density at radius 2 is 2.33 bits per heavy atom. The third-order valence-corrected chi connectivity index (χ3v) is 2.69. The minimum absolute atomic E-state index is 0.0310. The van der Waals surface area contributed by atoms with Crippen molar-refractivity contribution >= 4 is 5.91 Å². The van der Waals surface area contributed by atoms with E-state index in [-0.39, 0.29) is 11.4 Å². The second-order valence-corrected chi connectivity index (χ2v) is 4.43. The lowest BCUT2D eigenvalue weighted by molar-refractivity contribution is 0.0451. The molecule has 0 aromatic carbocycles. The van der Waals surface area contributed by atoms with Gasteiger partial charge in [-0.1, -0.05) is 6.92 Å². The Kier molecular flexibility index (Phi) is 2.31. The van der Waals surface area contributed by atoms with Crippen molar-refractivity contribution in [1.82, 2.24) is 4.90 Å². The largest absolute Gasteiger partial charge is 0.469 e. The first-order valence-electron chi connectivity index (χ1n) is 5.18. The van der Waals surface area contributed by atoms with Crippen LogP contribution in [0, 0.1) is 0 Å². The Morgan fingerprint density at radius 1 is 1.67 bits per heavy atom. The summed E-state index contributed by atoms with van der Waals surface area (Å²) in [5, 5.41) is 0. The van der Waals surface area contributed by atoms with Gasteiger partial charge in [-0.25, -0.2) is 0 Å². The second-order valence-electron chi connectivity index (χ2n) is 4.43. The summed E-state index contributed by atoms with van der Waals surface area (Å²) in [7, 11) is 0. The molecule has 0 unspecified atom stereocenters. The van der Waals surface area contributed by atoms with Gasteiger partial charge in [0, 0.05) is 25.0 Å². The molecule has 1 saturated heterocycles. The zero-order valence-electron chi connectivity index (χ0n) is 9.12. The van der Waals surface area contributed by atoms with Gasteiger partial charge in [-0.2, -0.15) is 0 Å². The van der Waals surface area contributed by atoms with Gasteiger partial charge in [-0.3, -0.25) is 4.79 Å². The highest BCUT2D eigenvalue weighted by Crippen LogP contribution is 2.22. The summed E-state index contributed by atoms with van der Waals surface area (Å²) in [6.07, 6.45) is 2.30. The topological polar surface area (TPSA) is 59.5 Å². The molecular weight excluding hydrogens is 192 g/mol. The fourth-order valence-electron chi connectivity index (χ4n) is 1.94. The van der Waals surface area contributed by atoms with Gasteiger partial charge in [-0.05, 0) is 13.0 Å². The number of amides is 1. The Bertz CT molecular complexity index is 374. The fourth-order valence-corrected chi connectivity index (χ4v) is 1.94. The molecule has 1 aliphatic heterocycles. The van der Waals surface area contributed by atoms with E-state index in [1.807, 2.05) is 13.8 Å². The van der Waals surface area contributed by atoms with Gasteiger partial charge < -0.3 is 15.1 Å². The molecule has 0 radical (unpaired) electrons. The summed E-state index contributed by atoms with van der Waals surface area (Å²) in [6.45, 7) is 5.17. The van der Waals surface area contributed by atoms with Crippen molar-refractivity contribution in [3.63, 3.8) is 0 Å². The summed E-state index contributed by atoms with van der Waals surface area (Å²) >= 11 is 0. The van der Waals surface area contributed by atoms with E-state index in [1.165, 1.54) is 0 Å². The van der Waals surface area contributed by atoms with E-state index in [0.717, 1.165) is 12.2 Å². The molecule has 0 spiro atoms. The molecule has 1 fully saturated rings. The van der Waals surface area contributed by atoms with Crippen LogP contribution in [0.1, 0.15) is 30.0 Å². The summed E-state index contributed by atoms with van der Waals surface area (Å²) < 4.78 is 5.23. The molecule has 4 heteroatoms. The molecule has 1 amide bonds. The van der Waals surface area contributed by atoms with Crippen molar-refractivity contribution in [2.45, 2.75) is 25.8 Å². The molecule has 2 heterocycles. The maximum absolute atomic E-state index is 12.0. The third-order valence-electron chi connectivity index (χ3n) is 2.69. The summed E-state index contributed by atoms with van der Waals surface area (Å²) in [6, 6.07) is 1.73. The van der Waals surface area contributed by atoms with Gasteiger partial charge >= 0.3 is 0 Å². The van der Waals surface area contributed by atoms with E-state index in [4.69, 9.17) is 10.2 Å². The summed E-state index contributed by atoms with van der Waals surface area (Å²) in [5.74, 6) is 0.786. The maximum atomic E-state index is 12.0. The molecule has 0 atom stereocenters. The van der Waals surface area contributed by atoms with Crippen molar-refractivity contribution < 1.29 is 9.21 Å². The summed E-state index contributed by atoms with van der Waals surface area (Å²) in [4.78, 5) is 13.7. The van der Waals surface area contributed by atoms with E-state index in [1.54, 1.807) is 17.2 Å². The minimum Gasteiger partial charge on any atom is -0.469 e. The Labute approximate surface area is 89.0 Å². The first kappa shape index (κ1) is 10.2. The second kappa shape index (κ2) is 3.38. The Morgan fingerprint density at radius 3 is 2.87 bits per heavy atom. The van der Waals surface area contributed by atoms with Crippen LogP contribution in [0.4, 0.5) is 0 Å². The van der Waals surface area contributed by atoms with E-state index in [2.05, 4.69) is 0 Å². The van der Waals surface area contributed by atoms with Crippen LogP contribution >= 0.6 is 0 Å². The number of hydrogen-bond donors (Lipinski definition) is 1. The number of rotatable bonds is 2. The Balaban J connectivity index is 2.10. The van der Waals surface area contributed by atoms with Crippen LogP contribution in [0.25, 0.3) is 0 Å². The van der Waals surface area contributed by atoms with Crippen molar-refractivity contribution in [2.24, 2.45) is 5.73 Å². The van der Waals surface area contributed by atoms with Crippen molar-refractivity contribution in [2.75, 3.05) is 13.1 Å². The highest BCUT2D eigenvalue weighted by Gasteiger charge is 2.38. The van der Waals surface area contributed by atoms with E-state index in [9.17, 15) is 4.79 Å². The van der Waals surface area contributed by atoms with Crippen LogP contribution in [0.5, 0.6) is 0 Å². The van der Waals surface area contributed by atoms with Gasteiger partial charge in [0.25, 0.3) is 5.91 Å². The molecule has 0 saturated carbocycles. The maximum Gasteiger partial charge on any atom is 0.257 e. The van der Waals surface area contributed by atoms with Crippen molar-refractivity contribution in [3.05, 3.63) is 23.7 Å². The zero-order chi connectivity index (χ0) is 11.1. The van der Waals surface area contributed by atoms with Crippen LogP contribution in [0.15, 0.2) is 16.7 Å². The standard InChI is InChI=1S/C11H16N2O2/c1-3-9-8(4-5-15-9)10(14)13-6-11(2,12)7-13/h4-5H,3,6-7,12H2,1-2H3. The SMILES string of the molecule is CCc1occc1C(=O)N1CC(C)(N)C1. The van der Waals surface area contributed by atoms with Crippen LogP contribution in [0.2, 0.25) is 0 Å². The molecule has 1 aromatic rings. The van der Waals surface area contributed by atoms with Gasteiger partial charge in [-0.15, -0.1) is 0 Å². The van der Waals surface area contributed by atoms with Crippen molar-refractivity contribution in [1.29, 1.82) is 0 Å². The van der Waals surface area contributed by atoms with E-state index >= 15 is 0 Å². The minimum atomic E-state index is -0.216. The van der Waals surface area contributed by atoms with E-state index in [0.29, 0.717) is 18.7 Å². The van der Waals surface area contributed by atoms with Crippen LogP contribution in [-0.2, 0) is 6.42 Å². The third kappa shape index (κ3) is 1.77. The monoisotopic (exact) mass is 208 g/mol. The van der Waals surface area contributed by atoms with Gasteiger partial charge in [0.15, 0.2) is 0 Å². The number of furan rings is 1. The first-order chi connectivity index (χ1) is 7.03. The molecule has 15 heavy (non-hydrogen) atoms. The summed E-state index contributed by atoms with van der Waals surface area (Å²) in [5.41, 5.74) is 6.31. The lowest BCUT2D eigenvalue weighted by atomic mass is 9.93. The number of nitrogens with zero attached hydrogens (tertiary/aromatic N) is 1. The molecule has 2 rings (SSSR count). The van der Waals surface area contributed by atoms with Crippen LogP contribution < -0.4 is 5.73 Å². The molecule has 82 valence electrons. The van der Waals surface area contributed by atoms with Crippen LogP contribution in [-0.4, -0.2) is 29.4 Å². The average molecular weight is 208 g/mol. The van der Waals surface area contributed by atoms with Crippen molar-refractivity contribution in [3.8, 4) is 0 Å².